The van der Waals surface area contributed by atoms with Gasteiger partial charge in [-0.2, -0.15) is 5.10 Å². The van der Waals surface area contributed by atoms with Crippen LogP contribution in [0, 0.1) is 5.92 Å². The number of piperidine rings is 2. The average Bonchev–Trinajstić information content (AvgIpc) is 3.14. The summed E-state index contributed by atoms with van der Waals surface area (Å²) in [5, 5.41) is 4.29. The maximum atomic E-state index is 12.9. The van der Waals surface area contributed by atoms with Gasteiger partial charge in [0.25, 0.3) is 0 Å². The highest BCUT2D eigenvalue weighted by molar-refractivity contribution is 5.77. The van der Waals surface area contributed by atoms with Crippen LogP contribution in [0.3, 0.4) is 0 Å². The molecule has 1 aromatic rings. The molecule has 0 spiro atoms. The third-order valence-electron chi connectivity index (χ3n) is 5.82. The number of hydrogen-bond donors (Lipinski definition) is 0. The number of likely N-dealkylation sites (tertiary alicyclic amines) is 2. The van der Waals surface area contributed by atoms with E-state index in [2.05, 4.69) is 21.8 Å². The highest BCUT2D eigenvalue weighted by Gasteiger charge is 2.29. The van der Waals surface area contributed by atoms with Crippen molar-refractivity contribution in [3.05, 3.63) is 18.5 Å². The zero-order chi connectivity index (χ0) is 16.8. The smallest absolute Gasteiger partial charge is 0.223 e. The second-order valence-electron chi connectivity index (χ2n) is 7.38. The molecular formula is C19H32N4O. The number of aromatic nitrogens is 2. The quantitative estimate of drug-likeness (QED) is 0.804. The first kappa shape index (κ1) is 17.5. The number of aryl methyl sites for hydroxylation is 1. The number of carbonyl (C=O) groups excluding carboxylic acids is 1. The van der Waals surface area contributed by atoms with Crippen LogP contribution >= 0.6 is 0 Å². The lowest BCUT2D eigenvalue weighted by molar-refractivity contribution is -0.136. The van der Waals surface area contributed by atoms with Gasteiger partial charge in [0, 0.05) is 37.9 Å². The first-order valence-corrected chi connectivity index (χ1v) is 9.75. The van der Waals surface area contributed by atoms with E-state index in [-0.39, 0.29) is 0 Å². The molecule has 1 atom stereocenters. The molecule has 0 saturated carbocycles. The van der Waals surface area contributed by atoms with E-state index >= 15 is 0 Å². The summed E-state index contributed by atoms with van der Waals surface area (Å²) in [7, 11) is 0. The molecule has 3 heterocycles. The van der Waals surface area contributed by atoms with Gasteiger partial charge < -0.3 is 9.80 Å². The molecule has 5 heteroatoms. The lowest BCUT2D eigenvalue weighted by Gasteiger charge is -2.38. The molecule has 0 unspecified atom stereocenters. The van der Waals surface area contributed by atoms with Crippen molar-refractivity contribution in [2.24, 2.45) is 5.92 Å². The van der Waals surface area contributed by atoms with Gasteiger partial charge in [-0.25, -0.2) is 0 Å². The monoisotopic (exact) mass is 332 g/mol. The van der Waals surface area contributed by atoms with Crippen LogP contribution in [0.4, 0.5) is 0 Å². The first-order valence-electron chi connectivity index (χ1n) is 9.75. The second kappa shape index (κ2) is 8.65. The molecule has 2 aliphatic heterocycles. The maximum absolute atomic E-state index is 12.9. The minimum atomic E-state index is 0.398. The fourth-order valence-electron chi connectivity index (χ4n) is 4.21. The van der Waals surface area contributed by atoms with Crippen LogP contribution in [0.5, 0.6) is 0 Å². The number of rotatable bonds is 6. The van der Waals surface area contributed by atoms with E-state index in [4.69, 9.17) is 0 Å². The van der Waals surface area contributed by atoms with Gasteiger partial charge in [0.2, 0.25) is 5.91 Å². The summed E-state index contributed by atoms with van der Waals surface area (Å²) in [6.45, 7) is 7.56. The zero-order valence-electron chi connectivity index (χ0n) is 15.1. The highest BCUT2D eigenvalue weighted by Crippen LogP contribution is 2.25. The SMILES string of the molecule is CCN1CCC(CC(=O)N2CCCC[C@@H]2CCn2cccn2)CC1. The van der Waals surface area contributed by atoms with Gasteiger partial charge in [-0.1, -0.05) is 6.92 Å². The Balaban J connectivity index is 1.49. The van der Waals surface area contributed by atoms with Gasteiger partial charge in [0.1, 0.15) is 0 Å². The van der Waals surface area contributed by atoms with Crippen molar-refractivity contribution in [2.75, 3.05) is 26.2 Å². The lowest BCUT2D eigenvalue weighted by atomic mass is 9.91. The molecule has 0 N–H and O–H groups in total. The zero-order valence-corrected chi connectivity index (χ0v) is 15.1. The summed E-state index contributed by atoms with van der Waals surface area (Å²) >= 11 is 0. The first-order chi connectivity index (χ1) is 11.8. The molecule has 1 amide bonds. The van der Waals surface area contributed by atoms with Crippen molar-refractivity contribution in [1.82, 2.24) is 19.6 Å². The minimum Gasteiger partial charge on any atom is -0.340 e. The van der Waals surface area contributed by atoms with E-state index in [0.717, 1.165) is 58.4 Å². The average molecular weight is 332 g/mol. The van der Waals surface area contributed by atoms with Crippen molar-refractivity contribution in [2.45, 2.75) is 64.5 Å². The summed E-state index contributed by atoms with van der Waals surface area (Å²) < 4.78 is 1.98. The summed E-state index contributed by atoms with van der Waals surface area (Å²) in [5.74, 6) is 0.990. The van der Waals surface area contributed by atoms with Crippen molar-refractivity contribution in [3.8, 4) is 0 Å². The molecule has 2 aliphatic rings. The van der Waals surface area contributed by atoms with Gasteiger partial charge in [-0.05, 0) is 70.1 Å². The molecule has 0 radical (unpaired) electrons. The Morgan fingerprint density at radius 1 is 1.17 bits per heavy atom. The Kier molecular flexibility index (Phi) is 6.30. The van der Waals surface area contributed by atoms with Crippen molar-refractivity contribution in [1.29, 1.82) is 0 Å². The Morgan fingerprint density at radius 2 is 2.00 bits per heavy atom. The van der Waals surface area contributed by atoms with Crippen molar-refractivity contribution in [3.63, 3.8) is 0 Å². The molecule has 5 nitrogen and oxygen atoms in total. The third-order valence-corrected chi connectivity index (χ3v) is 5.82. The second-order valence-corrected chi connectivity index (χ2v) is 7.38. The van der Waals surface area contributed by atoms with Crippen LogP contribution in [-0.2, 0) is 11.3 Å². The summed E-state index contributed by atoms with van der Waals surface area (Å²) in [6.07, 6.45) is 11.6. The standard InChI is InChI=1S/C19H32N4O/c1-2-21-13-7-17(8-14-21)16-19(24)23-12-4-3-6-18(23)9-15-22-11-5-10-20-22/h5,10-11,17-18H,2-4,6-9,12-16H2,1H3/t18-/m1/s1. The van der Waals surface area contributed by atoms with Crippen LogP contribution in [0.2, 0.25) is 0 Å². The van der Waals surface area contributed by atoms with E-state index in [0.29, 0.717) is 17.9 Å². The normalized spacial score (nSPS) is 23.5. The number of nitrogens with zero attached hydrogens (tertiary/aromatic N) is 4. The van der Waals surface area contributed by atoms with Gasteiger partial charge in [0.15, 0.2) is 0 Å². The lowest BCUT2D eigenvalue weighted by Crippen LogP contribution is -2.45. The Morgan fingerprint density at radius 3 is 2.71 bits per heavy atom. The molecule has 3 rings (SSSR count). The van der Waals surface area contributed by atoms with E-state index in [1.165, 1.54) is 19.3 Å². The molecule has 24 heavy (non-hydrogen) atoms. The van der Waals surface area contributed by atoms with Crippen LogP contribution in [0.15, 0.2) is 18.5 Å². The summed E-state index contributed by atoms with van der Waals surface area (Å²) in [6, 6.07) is 2.37. The molecule has 2 fully saturated rings. The molecule has 0 bridgehead atoms. The Hall–Kier alpha value is -1.36. The molecule has 1 aromatic heterocycles. The molecule has 0 aromatic carbocycles. The van der Waals surface area contributed by atoms with Gasteiger partial charge in [0.05, 0.1) is 0 Å². The van der Waals surface area contributed by atoms with E-state index in [1.54, 1.807) is 0 Å². The fourth-order valence-corrected chi connectivity index (χ4v) is 4.21. The number of amides is 1. The van der Waals surface area contributed by atoms with Crippen LogP contribution in [0.25, 0.3) is 0 Å². The van der Waals surface area contributed by atoms with Gasteiger partial charge >= 0.3 is 0 Å². The summed E-state index contributed by atoms with van der Waals surface area (Å²) in [4.78, 5) is 17.6. The Labute approximate surface area is 146 Å². The van der Waals surface area contributed by atoms with Crippen LogP contribution < -0.4 is 0 Å². The van der Waals surface area contributed by atoms with Crippen LogP contribution in [0.1, 0.15) is 51.9 Å². The predicted molar refractivity (Wildman–Crippen MR) is 95.7 cm³/mol. The third kappa shape index (κ3) is 4.59. The molecule has 134 valence electrons. The number of carbonyl (C=O) groups is 1. The van der Waals surface area contributed by atoms with Gasteiger partial charge in [-0.15, -0.1) is 0 Å². The molecule has 2 saturated heterocycles. The highest BCUT2D eigenvalue weighted by atomic mass is 16.2. The fraction of sp³-hybridized carbons (Fsp3) is 0.789. The maximum Gasteiger partial charge on any atom is 0.223 e. The van der Waals surface area contributed by atoms with Crippen LogP contribution in [-0.4, -0.2) is 57.7 Å². The topological polar surface area (TPSA) is 41.4 Å². The number of hydrogen-bond acceptors (Lipinski definition) is 3. The Bertz CT molecular complexity index is 493. The van der Waals surface area contributed by atoms with Crippen molar-refractivity contribution >= 4 is 5.91 Å². The molecular weight excluding hydrogens is 300 g/mol. The molecule has 0 aliphatic carbocycles. The largest absolute Gasteiger partial charge is 0.340 e. The van der Waals surface area contributed by atoms with Crippen molar-refractivity contribution < 1.29 is 4.79 Å². The summed E-state index contributed by atoms with van der Waals surface area (Å²) in [5.41, 5.74) is 0. The minimum absolute atomic E-state index is 0.398. The predicted octanol–water partition coefficient (Wildman–Crippen LogP) is 2.78. The van der Waals surface area contributed by atoms with E-state index in [9.17, 15) is 4.79 Å². The van der Waals surface area contributed by atoms with Gasteiger partial charge in [-0.3, -0.25) is 9.48 Å². The van der Waals surface area contributed by atoms with E-state index in [1.807, 2.05) is 23.1 Å². The van der Waals surface area contributed by atoms with E-state index < -0.39 is 0 Å².